The highest BCUT2D eigenvalue weighted by Crippen LogP contribution is 2.25. The third-order valence-corrected chi connectivity index (χ3v) is 6.36. The van der Waals surface area contributed by atoms with Crippen molar-refractivity contribution in [2.75, 3.05) is 12.0 Å². The largest absolute Gasteiger partial charge is 0.315 e. The van der Waals surface area contributed by atoms with E-state index in [4.69, 9.17) is 23.2 Å². The second-order valence-corrected chi connectivity index (χ2v) is 8.81. The number of fused-ring (bicyclic) bond motifs is 1. The Bertz CT molecular complexity index is 1050. The molecule has 0 saturated carbocycles. The number of benzene rings is 2. The lowest BCUT2D eigenvalue weighted by Crippen LogP contribution is -2.18. The maximum absolute atomic E-state index is 12.7. The minimum Gasteiger partial charge on any atom is -0.315 e. The standard InChI is InChI=1S/C19H18Cl2N2OS2/c1-11-8-12(2)17-16(9-11)23(6-7-25-3)19(26-17)22-18(24)14-5-4-13(20)10-15(14)21/h4-5,8-10H,6-7H2,1-3H3. The molecule has 0 aliphatic heterocycles. The second kappa shape index (κ2) is 8.17. The molecule has 1 heterocycles. The Morgan fingerprint density at radius 2 is 2.00 bits per heavy atom. The van der Waals surface area contributed by atoms with Crippen LogP contribution in [0.5, 0.6) is 0 Å². The van der Waals surface area contributed by atoms with E-state index in [-0.39, 0.29) is 5.91 Å². The van der Waals surface area contributed by atoms with Crippen LogP contribution in [0.3, 0.4) is 0 Å². The zero-order chi connectivity index (χ0) is 18.8. The van der Waals surface area contributed by atoms with Gasteiger partial charge in [0.2, 0.25) is 0 Å². The molecule has 0 aliphatic carbocycles. The number of rotatable bonds is 4. The first-order valence-electron chi connectivity index (χ1n) is 8.04. The topological polar surface area (TPSA) is 34.4 Å². The smallest absolute Gasteiger partial charge is 0.281 e. The molecule has 0 saturated heterocycles. The van der Waals surface area contributed by atoms with Crippen molar-refractivity contribution < 1.29 is 4.79 Å². The Morgan fingerprint density at radius 3 is 2.69 bits per heavy atom. The summed E-state index contributed by atoms with van der Waals surface area (Å²) in [6.07, 6.45) is 2.07. The van der Waals surface area contributed by atoms with Crippen LogP contribution >= 0.6 is 46.3 Å². The van der Waals surface area contributed by atoms with Gasteiger partial charge in [-0.1, -0.05) is 40.6 Å². The molecule has 1 aromatic heterocycles. The zero-order valence-corrected chi connectivity index (χ0v) is 17.8. The maximum atomic E-state index is 12.7. The highest BCUT2D eigenvalue weighted by molar-refractivity contribution is 7.98. The van der Waals surface area contributed by atoms with Crippen LogP contribution in [0.1, 0.15) is 21.5 Å². The Labute approximate surface area is 170 Å². The van der Waals surface area contributed by atoms with Crippen molar-refractivity contribution in [3.63, 3.8) is 0 Å². The normalized spacial score (nSPS) is 12.1. The summed E-state index contributed by atoms with van der Waals surface area (Å²) in [4.78, 5) is 17.8. The van der Waals surface area contributed by atoms with Crippen molar-refractivity contribution in [1.29, 1.82) is 0 Å². The lowest BCUT2D eigenvalue weighted by atomic mass is 10.1. The van der Waals surface area contributed by atoms with Gasteiger partial charge in [0.05, 0.1) is 20.8 Å². The van der Waals surface area contributed by atoms with E-state index in [2.05, 4.69) is 41.8 Å². The average Bonchev–Trinajstić information content (AvgIpc) is 2.90. The van der Waals surface area contributed by atoms with Gasteiger partial charge in [0, 0.05) is 17.3 Å². The van der Waals surface area contributed by atoms with Crippen LogP contribution in [0.25, 0.3) is 10.2 Å². The van der Waals surface area contributed by atoms with Gasteiger partial charge < -0.3 is 4.57 Å². The van der Waals surface area contributed by atoms with Gasteiger partial charge in [0.15, 0.2) is 4.80 Å². The summed E-state index contributed by atoms with van der Waals surface area (Å²) in [5.41, 5.74) is 3.87. The number of carbonyl (C=O) groups is 1. The molecule has 7 heteroatoms. The van der Waals surface area contributed by atoms with E-state index in [1.54, 1.807) is 30.0 Å². The van der Waals surface area contributed by atoms with E-state index in [0.717, 1.165) is 22.5 Å². The second-order valence-electron chi connectivity index (χ2n) is 6.00. The monoisotopic (exact) mass is 424 g/mol. The predicted octanol–water partition coefficient (Wildman–Crippen LogP) is 5.73. The molecule has 1 amide bonds. The lowest BCUT2D eigenvalue weighted by Gasteiger charge is -2.06. The molecule has 2 aromatic carbocycles. The van der Waals surface area contributed by atoms with E-state index in [9.17, 15) is 4.79 Å². The number of hydrogen-bond donors (Lipinski definition) is 0. The van der Waals surface area contributed by atoms with Crippen LogP contribution in [0.4, 0.5) is 0 Å². The van der Waals surface area contributed by atoms with Gasteiger partial charge in [-0.3, -0.25) is 4.79 Å². The first-order chi connectivity index (χ1) is 12.4. The molecule has 136 valence electrons. The van der Waals surface area contributed by atoms with Crippen molar-refractivity contribution in [3.8, 4) is 0 Å². The van der Waals surface area contributed by atoms with Crippen LogP contribution in [-0.2, 0) is 6.54 Å². The average molecular weight is 425 g/mol. The van der Waals surface area contributed by atoms with Crippen LogP contribution in [0, 0.1) is 13.8 Å². The number of thiazole rings is 1. The molecule has 0 N–H and O–H groups in total. The van der Waals surface area contributed by atoms with E-state index >= 15 is 0 Å². The molecule has 0 aliphatic rings. The molecule has 26 heavy (non-hydrogen) atoms. The predicted molar refractivity (Wildman–Crippen MR) is 114 cm³/mol. The molecule has 0 bridgehead atoms. The van der Waals surface area contributed by atoms with Crippen molar-refractivity contribution in [1.82, 2.24) is 4.57 Å². The van der Waals surface area contributed by atoms with Gasteiger partial charge in [-0.05, 0) is 55.5 Å². The third kappa shape index (κ3) is 4.01. The molecule has 3 nitrogen and oxygen atoms in total. The minimum absolute atomic E-state index is 0.315. The molecule has 3 aromatic rings. The number of thioether (sulfide) groups is 1. The summed E-state index contributed by atoms with van der Waals surface area (Å²) < 4.78 is 3.28. The number of aromatic nitrogens is 1. The lowest BCUT2D eigenvalue weighted by molar-refractivity contribution is 0.0998. The Hall–Kier alpha value is -1.27. The van der Waals surface area contributed by atoms with E-state index < -0.39 is 0 Å². The van der Waals surface area contributed by atoms with Gasteiger partial charge in [-0.25, -0.2) is 0 Å². The fourth-order valence-corrected chi connectivity index (χ4v) is 4.77. The Balaban J connectivity index is 2.17. The van der Waals surface area contributed by atoms with Crippen LogP contribution in [0.15, 0.2) is 35.3 Å². The van der Waals surface area contributed by atoms with Gasteiger partial charge in [0.25, 0.3) is 5.91 Å². The zero-order valence-electron chi connectivity index (χ0n) is 14.7. The molecule has 0 atom stereocenters. The van der Waals surface area contributed by atoms with Crippen molar-refractivity contribution in [2.24, 2.45) is 4.99 Å². The fourth-order valence-electron chi connectivity index (χ4n) is 2.81. The number of hydrogen-bond acceptors (Lipinski definition) is 3. The molecule has 0 radical (unpaired) electrons. The molecule has 0 unspecified atom stereocenters. The number of halogens is 2. The highest BCUT2D eigenvalue weighted by atomic mass is 35.5. The third-order valence-electron chi connectivity index (χ3n) is 3.99. The molecular weight excluding hydrogens is 407 g/mol. The SMILES string of the molecule is CSCCn1c(=NC(=O)c2ccc(Cl)cc2Cl)sc2c(C)cc(C)cc21. The molecular formula is C19H18Cl2N2OS2. The van der Waals surface area contributed by atoms with Crippen LogP contribution in [-0.4, -0.2) is 22.5 Å². The molecule has 0 fully saturated rings. The van der Waals surface area contributed by atoms with Gasteiger partial charge in [-0.2, -0.15) is 16.8 Å². The first kappa shape index (κ1) is 19.5. The number of amides is 1. The quantitative estimate of drug-likeness (QED) is 0.535. The van der Waals surface area contributed by atoms with Gasteiger partial charge >= 0.3 is 0 Å². The van der Waals surface area contributed by atoms with Crippen LogP contribution in [0.2, 0.25) is 10.0 Å². The van der Waals surface area contributed by atoms with E-state index in [1.807, 2.05) is 0 Å². The summed E-state index contributed by atoms with van der Waals surface area (Å²) in [7, 11) is 0. The summed E-state index contributed by atoms with van der Waals surface area (Å²) in [5.74, 6) is 0.590. The minimum atomic E-state index is -0.356. The van der Waals surface area contributed by atoms with Gasteiger partial charge in [-0.15, -0.1) is 0 Å². The number of carbonyl (C=O) groups excluding carboxylic acids is 1. The van der Waals surface area contributed by atoms with Crippen molar-refractivity contribution in [3.05, 3.63) is 61.9 Å². The van der Waals surface area contributed by atoms with Crippen molar-refractivity contribution >= 4 is 62.4 Å². The van der Waals surface area contributed by atoms with Crippen molar-refractivity contribution in [2.45, 2.75) is 20.4 Å². The fraction of sp³-hybridized carbons (Fsp3) is 0.263. The molecule has 0 spiro atoms. The number of nitrogens with zero attached hydrogens (tertiary/aromatic N) is 2. The summed E-state index contributed by atoms with van der Waals surface area (Å²) in [5, 5.41) is 0.810. The highest BCUT2D eigenvalue weighted by Gasteiger charge is 2.13. The Morgan fingerprint density at radius 1 is 1.23 bits per heavy atom. The summed E-state index contributed by atoms with van der Waals surface area (Å²) in [6, 6.07) is 9.13. The van der Waals surface area contributed by atoms with Gasteiger partial charge in [0.1, 0.15) is 0 Å². The number of aryl methyl sites for hydroxylation is 3. The van der Waals surface area contributed by atoms with E-state index in [1.165, 1.54) is 22.5 Å². The first-order valence-corrected chi connectivity index (χ1v) is 11.0. The van der Waals surface area contributed by atoms with E-state index in [0.29, 0.717) is 20.4 Å². The maximum Gasteiger partial charge on any atom is 0.281 e. The Kier molecular flexibility index (Phi) is 6.13. The summed E-state index contributed by atoms with van der Waals surface area (Å²) in [6.45, 7) is 4.97. The summed E-state index contributed by atoms with van der Waals surface area (Å²) >= 11 is 15.4. The van der Waals surface area contributed by atoms with Crippen LogP contribution < -0.4 is 4.80 Å². The molecule has 3 rings (SSSR count).